The lowest BCUT2D eigenvalue weighted by atomic mass is 10.1. The van der Waals surface area contributed by atoms with Gasteiger partial charge in [-0.2, -0.15) is 0 Å². The number of pyridine rings is 1. The van der Waals surface area contributed by atoms with Crippen molar-refractivity contribution in [1.29, 1.82) is 0 Å². The molecule has 0 aliphatic heterocycles. The van der Waals surface area contributed by atoms with Crippen LogP contribution in [0, 0.1) is 5.82 Å². The molecule has 0 bridgehead atoms. The average Bonchev–Trinajstić information content (AvgIpc) is 2.42. The van der Waals surface area contributed by atoms with E-state index in [-0.39, 0.29) is 11.5 Å². The molecule has 4 nitrogen and oxygen atoms in total. The van der Waals surface area contributed by atoms with E-state index in [2.05, 4.69) is 0 Å². The van der Waals surface area contributed by atoms with Gasteiger partial charge < -0.3 is 9.67 Å². The molecule has 1 N–H and O–H groups in total. The molecular weight excluding hydrogens is 261 g/mol. The third-order valence-corrected chi connectivity index (χ3v) is 2.79. The van der Waals surface area contributed by atoms with Gasteiger partial charge in [-0.3, -0.25) is 9.59 Å². The molecule has 2 aromatic rings. The fraction of sp³-hybridized carbons (Fsp3) is 0.0667. The predicted octanol–water partition coefficient (Wildman–Crippen LogP) is 2.13. The summed E-state index contributed by atoms with van der Waals surface area (Å²) in [5, 5.41) is 9.25. The molecule has 1 aromatic heterocycles. The van der Waals surface area contributed by atoms with Crippen molar-refractivity contribution in [2.75, 3.05) is 0 Å². The molecule has 102 valence electrons. The molecule has 2 rings (SSSR count). The van der Waals surface area contributed by atoms with Crippen molar-refractivity contribution in [3.63, 3.8) is 0 Å². The number of benzene rings is 1. The van der Waals surface area contributed by atoms with Crippen LogP contribution >= 0.6 is 0 Å². The summed E-state index contributed by atoms with van der Waals surface area (Å²) in [6.07, 6.45) is 4.02. The topological polar surface area (TPSA) is 59.3 Å². The Bertz CT molecular complexity index is 730. The maximum Gasteiger partial charge on any atom is 0.223 e. The molecule has 5 heteroatoms. The van der Waals surface area contributed by atoms with Gasteiger partial charge in [0, 0.05) is 30.6 Å². The maximum absolute atomic E-state index is 12.7. The number of halogens is 1. The Morgan fingerprint density at radius 2 is 1.95 bits per heavy atom. The minimum Gasteiger partial charge on any atom is -0.503 e. The summed E-state index contributed by atoms with van der Waals surface area (Å²) < 4.78 is 14.3. The Morgan fingerprint density at radius 1 is 1.30 bits per heavy atom. The number of hydrogen-bond acceptors (Lipinski definition) is 3. The predicted molar refractivity (Wildman–Crippen MR) is 73.1 cm³/mol. The Hall–Kier alpha value is -2.69. The molecule has 0 fully saturated rings. The van der Waals surface area contributed by atoms with Gasteiger partial charge in [0.1, 0.15) is 5.82 Å². The SMILES string of the molecule is Cn1cc(O)c(=O)cc1/C=C/C(=O)c1ccc(F)cc1. The second-order valence-corrected chi connectivity index (χ2v) is 4.26. The van der Waals surface area contributed by atoms with Crippen molar-refractivity contribution in [2.24, 2.45) is 7.05 Å². The second-order valence-electron chi connectivity index (χ2n) is 4.26. The monoisotopic (exact) mass is 273 g/mol. The summed E-state index contributed by atoms with van der Waals surface area (Å²) in [6, 6.07) is 6.41. The second kappa shape index (κ2) is 5.52. The lowest BCUT2D eigenvalue weighted by molar-refractivity contribution is 0.104. The molecule has 0 aliphatic carbocycles. The van der Waals surface area contributed by atoms with Gasteiger partial charge in [-0.15, -0.1) is 0 Å². The van der Waals surface area contributed by atoms with Gasteiger partial charge in [0.15, 0.2) is 11.5 Å². The standard InChI is InChI=1S/C15H12FNO3/c1-17-9-15(20)14(19)8-12(17)6-7-13(18)10-2-4-11(16)5-3-10/h2-9,20H,1H3/b7-6+. The van der Waals surface area contributed by atoms with Crippen LogP contribution in [0.25, 0.3) is 6.08 Å². The smallest absolute Gasteiger partial charge is 0.223 e. The third kappa shape index (κ3) is 3.00. The Labute approximate surface area is 114 Å². The summed E-state index contributed by atoms with van der Waals surface area (Å²) in [7, 11) is 1.64. The van der Waals surface area contributed by atoms with Crippen LogP contribution in [0.5, 0.6) is 5.75 Å². The fourth-order valence-corrected chi connectivity index (χ4v) is 1.67. The molecule has 0 aliphatic rings. The zero-order valence-corrected chi connectivity index (χ0v) is 10.7. The molecule has 0 amide bonds. The van der Waals surface area contributed by atoms with Crippen molar-refractivity contribution in [1.82, 2.24) is 4.57 Å². The highest BCUT2D eigenvalue weighted by atomic mass is 19.1. The van der Waals surface area contributed by atoms with Gasteiger partial charge in [0.25, 0.3) is 0 Å². The molecule has 0 unspecified atom stereocenters. The maximum atomic E-state index is 12.7. The number of rotatable bonds is 3. The molecule has 0 spiro atoms. The van der Waals surface area contributed by atoms with E-state index in [9.17, 15) is 19.1 Å². The first-order valence-corrected chi connectivity index (χ1v) is 5.85. The molecule has 0 radical (unpaired) electrons. The molecule has 1 aromatic carbocycles. The van der Waals surface area contributed by atoms with Gasteiger partial charge >= 0.3 is 0 Å². The van der Waals surface area contributed by atoms with Gasteiger partial charge in [0.2, 0.25) is 5.43 Å². The molecule has 0 saturated heterocycles. The Balaban J connectivity index is 2.25. The van der Waals surface area contributed by atoms with Crippen LogP contribution in [0.15, 0.2) is 47.4 Å². The van der Waals surface area contributed by atoms with Gasteiger partial charge in [-0.05, 0) is 36.4 Å². The van der Waals surface area contributed by atoms with Crippen LogP contribution in [0.4, 0.5) is 4.39 Å². The Kier molecular flexibility index (Phi) is 3.79. The molecule has 0 atom stereocenters. The van der Waals surface area contributed by atoms with Crippen molar-refractivity contribution in [2.45, 2.75) is 0 Å². The highest BCUT2D eigenvalue weighted by molar-refractivity contribution is 6.06. The van der Waals surface area contributed by atoms with Crippen molar-refractivity contribution in [3.05, 3.63) is 69.9 Å². The van der Waals surface area contributed by atoms with Crippen LogP contribution in [0.2, 0.25) is 0 Å². The number of hydrogen-bond donors (Lipinski definition) is 1. The fourth-order valence-electron chi connectivity index (χ4n) is 1.67. The van der Waals surface area contributed by atoms with E-state index in [4.69, 9.17) is 0 Å². The zero-order valence-electron chi connectivity index (χ0n) is 10.7. The van der Waals surface area contributed by atoms with Crippen molar-refractivity contribution >= 4 is 11.9 Å². The molecular formula is C15H12FNO3. The number of aryl methyl sites for hydroxylation is 1. The highest BCUT2D eigenvalue weighted by Gasteiger charge is 2.03. The number of allylic oxidation sites excluding steroid dienone is 1. The summed E-state index contributed by atoms with van der Waals surface area (Å²) >= 11 is 0. The summed E-state index contributed by atoms with van der Waals surface area (Å²) in [5.74, 6) is -1.06. The Morgan fingerprint density at radius 3 is 2.60 bits per heavy atom. The quantitative estimate of drug-likeness (QED) is 0.688. The normalized spacial score (nSPS) is 10.9. The molecule has 20 heavy (non-hydrogen) atoms. The summed E-state index contributed by atoms with van der Waals surface area (Å²) in [6.45, 7) is 0. The minimum atomic E-state index is -0.517. The van der Waals surface area contributed by atoms with E-state index in [1.165, 1.54) is 53.2 Å². The van der Waals surface area contributed by atoms with Crippen molar-refractivity contribution < 1.29 is 14.3 Å². The summed E-state index contributed by atoms with van der Waals surface area (Å²) in [4.78, 5) is 23.2. The van der Waals surface area contributed by atoms with Gasteiger partial charge in [-0.1, -0.05) is 0 Å². The van der Waals surface area contributed by atoms with E-state index < -0.39 is 11.2 Å². The van der Waals surface area contributed by atoms with E-state index in [1.807, 2.05) is 0 Å². The van der Waals surface area contributed by atoms with Crippen LogP contribution in [-0.2, 0) is 7.05 Å². The van der Waals surface area contributed by atoms with E-state index in [0.29, 0.717) is 11.3 Å². The summed E-state index contributed by atoms with van der Waals surface area (Å²) in [5.41, 5.74) is 0.312. The average molecular weight is 273 g/mol. The number of carbonyl (C=O) groups excluding carboxylic acids is 1. The minimum absolute atomic E-state index is 0.300. The number of ketones is 1. The number of carbonyl (C=O) groups is 1. The first-order valence-electron chi connectivity index (χ1n) is 5.85. The third-order valence-electron chi connectivity index (χ3n) is 2.79. The van der Waals surface area contributed by atoms with E-state index in [1.54, 1.807) is 7.05 Å². The van der Waals surface area contributed by atoms with E-state index >= 15 is 0 Å². The number of aromatic nitrogens is 1. The number of nitrogens with zero attached hydrogens (tertiary/aromatic N) is 1. The van der Waals surface area contributed by atoms with Crippen LogP contribution in [-0.4, -0.2) is 15.5 Å². The van der Waals surface area contributed by atoms with Gasteiger partial charge in [-0.25, -0.2) is 4.39 Å². The first kappa shape index (κ1) is 13.7. The van der Waals surface area contributed by atoms with Crippen LogP contribution in [0.1, 0.15) is 16.1 Å². The highest BCUT2D eigenvalue weighted by Crippen LogP contribution is 2.08. The molecule has 0 saturated carbocycles. The number of aromatic hydroxyl groups is 1. The molecule has 1 heterocycles. The van der Waals surface area contributed by atoms with Gasteiger partial charge in [0.05, 0.1) is 0 Å². The first-order chi connectivity index (χ1) is 9.47. The lowest BCUT2D eigenvalue weighted by Gasteiger charge is -2.04. The largest absolute Gasteiger partial charge is 0.503 e. The van der Waals surface area contributed by atoms with E-state index in [0.717, 1.165) is 0 Å². The van der Waals surface area contributed by atoms with Crippen LogP contribution < -0.4 is 5.43 Å². The van der Waals surface area contributed by atoms with Crippen molar-refractivity contribution in [3.8, 4) is 5.75 Å². The van der Waals surface area contributed by atoms with Crippen LogP contribution in [0.3, 0.4) is 0 Å². The zero-order chi connectivity index (χ0) is 14.7. The lowest BCUT2D eigenvalue weighted by Crippen LogP contribution is -2.06.